The summed E-state index contributed by atoms with van der Waals surface area (Å²) in [5.74, 6) is -7.69. The molecular weight excluding hydrogens is 600 g/mol. The number of rotatable bonds is 6. The average molecular weight is 612 g/mol. The van der Waals surface area contributed by atoms with E-state index in [4.69, 9.17) is 13.5 Å². The minimum absolute atomic E-state index is 0. The van der Waals surface area contributed by atoms with Crippen molar-refractivity contribution in [3.05, 3.63) is 11.5 Å². The van der Waals surface area contributed by atoms with Gasteiger partial charge in [-0.2, -0.15) is 0 Å². The molecule has 0 radical (unpaired) electrons. The molecule has 0 amide bonds. The Bertz CT molecular complexity index is 678. The molecule has 27 heavy (non-hydrogen) atoms. The smallest absolute Gasteiger partial charge is 1.00 e. The maximum atomic E-state index is 11.9. The third-order valence-corrected chi connectivity index (χ3v) is 7.16. The van der Waals surface area contributed by atoms with Crippen LogP contribution in [0.25, 0.3) is 0 Å². The summed E-state index contributed by atoms with van der Waals surface area (Å²) < 4.78 is 19.1. The number of hydrogen-bond acceptors (Lipinski definition) is 13. The predicted molar refractivity (Wildman–Crippen MR) is 70.8 cm³/mol. The molecule has 15 heteroatoms. The van der Waals surface area contributed by atoms with Gasteiger partial charge in [0, 0.05) is 0 Å². The van der Waals surface area contributed by atoms with Gasteiger partial charge in [0.1, 0.15) is 0 Å². The van der Waals surface area contributed by atoms with Gasteiger partial charge in [0.05, 0.1) is 0 Å². The fourth-order valence-corrected chi connectivity index (χ4v) is 5.88. The van der Waals surface area contributed by atoms with Crippen molar-refractivity contribution in [2.45, 2.75) is 30.7 Å². The van der Waals surface area contributed by atoms with Gasteiger partial charge in [-0.3, -0.25) is 0 Å². The van der Waals surface area contributed by atoms with Crippen LogP contribution < -0.4 is 56.5 Å². The maximum absolute atomic E-state index is 11.9. The van der Waals surface area contributed by atoms with E-state index in [9.17, 15) is 39.6 Å². The van der Waals surface area contributed by atoms with Gasteiger partial charge in [-0.15, -0.1) is 0 Å². The minimum Gasteiger partial charge on any atom is 1.00 e. The van der Waals surface area contributed by atoms with Crippen molar-refractivity contribution >= 4 is 46.9 Å². The summed E-state index contributed by atoms with van der Waals surface area (Å²) in [4.78, 5) is 45.6. The number of carboxylic acid groups (broad SMARTS) is 1. The van der Waals surface area contributed by atoms with Gasteiger partial charge in [0.15, 0.2) is 0 Å². The molecule has 0 aromatic carbocycles. The van der Waals surface area contributed by atoms with Crippen molar-refractivity contribution in [3.8, 4) is 0 Å². The third kappa shape index (κ3) is 5.81. The second-order valence-corrected chi connectivity index (χ2v) is 9.07. The molecule has 1 fully saturated rings. The summed E-state index contributed by atoms with van der Waals surface area (Å²) >= 11 is -4.58. The van der Waals surface area contributed by atoms with Crippen LogP contribution >= 0.6 is 0 Å². The van der Waals surface area contributed by atoms with Crippen LogP contribution in [0.2, 0.25) is 0 Å². The molecule has 0 aromatic rings. The summed E-state index contributed by atoms with van der Waals surface area (Å²) in [5.41, 5.74) is -2.73. The molecule has 4 N–H and O–H groups in total. The van der Waals surface area contributed by atoms with E-state index in [1.807, 2.05) is 0 Å². The predicted octanol–water partition coefficient (Wildman–Crippen LogP) is -7.60. The number of carbonyl (C=O) groups is 4. The van der Waals surface area contributed by atoms with Gasteiger partial charge < -0.3 is 0 Å². The number of aliphatic hydroxyl groups is 4. The van der Waals surface area contributed by atoms with Crippen molar-refractivity contribution < 1.29 is 109 Å². The maximum Gasteiger partial charge on any atom is 1.00 e. The Morgan fingerprint density at radius 2 is 2.00 bits per heavy atom. The van der Waals surface area contributed by atoms with E-state index in [-0.39, 0.29) is 51.4 Å². The number of carbonyl (C=O) groups excluding carboxylic acids is 4. The molecule has 13 nitrogen and oxygen atoms in total. The first-order chi connectivity index (χ1) is 12.1. The zero-order valence-corrected chi connectivity index (χ0v) is 20.3. The van der Waals surface area contributed by atoms with Gasteiger partial charge in [0.25, 0.3) is 0 Å². The van der Waals surface area contributed by atoms with Crippen LogP contribution in [-0.2, 0) is 32.4 Å². The topological polar surface area (TPSA) is 209 Å². The number of ether oxygens (including phenoxy) is 1. The monoisotopic (exact) mass is 612 g/mol. The quantitative estimate of drug-likeness (QED) is 0.163. The van der Waals surface area contributed by atoms with E-state index in [1.165, 1.54) is 0 Å². The van der Waals surface area contributed by atoms with E-state index < -0.39 is 95.7 Å². The van der Waals surface area contributed by atoms with Crippen molar-refractivity contribution in [2.24, 2.45) is 0 Å². The number of esters is 1. The third-order valence-electron chi connectivity index (χ3n) is 3.22. The van der Waals surface area contributed by atoms with Gasteiger partial charge in [-0.05, 0) is 0 Å². The fourth-order valence-electron chi connectivity index (χ4n) is 1.99. The van der Waals surface area contributed by atoms with Crippen LogP contribution in [0.5, 0.6) is 0 Å². The SMILES string of the molecule is O=C([O-])CC1(O)CC(=O)[O][Bi]([O]C2=C(O)C(=O)O[C@@H]2[C@@H](O)CO)[O]C1=O.[K+]. The summed E-state index contributed by atoms with van der Waals surface area (Å²) in [6, 6.07) is 0. The van der Waals surface area contributed by atoms with Crippen LogP contribution in [-0.4, -0.2) is 91.8 Å². The molecule has 0 saturated carbocycles. The normalized spacial score (nSPS) is 27.1. The van der Waals surface area contributed by atoms with Crippen LogP contribution in [0.1, 0.15) is 12.8 Å². The van der Waals surface area contributed by atoms with Crippen LogP contribution in [0.4, 0.5) is 0 Å². The fraction of sp³-hybridized carbons (Fsp3) is 0.500. The van der Waals surface area contributed by atoms with Crippen molar-refractivity contribution in [3.63, 3.8) is 0 Å². The van der Waals surface area contributed by atoms with Gasteiger partial charge >= 0.3 is 205 Å². The molecule has 2 aliphatic rings. The van der Waals surface area contributed by atoms with Gasteiger partial charge in [0.2, 0.25) is 0 Å². The molecule has 1 unspecified atom stereocenters. The second kappa shape index (κ2) is 9.89. The Balaban J connectivity index is 0.00000364. The standard InChI is InChI=1S/C6H8O7.C6H8O6.Bi.K/c7-3(8)1-6(13,5(11)12)2-4(9)10;7-1-2(8)5-3(9)4(10)6(11)12-5;;/h13H,1-2H2,(H,7,8)(H,9,10)(H,11,12);2,5,7-10H,1H2;;/q;;+3;+1/p-4/t;2-,5+;;/m.0../s1. The molecular formula is C12H12BiKO13. The number of carboxylic acids is 1. The molecule has 1 saturated heterocycles. The summed E-state index contributed by atoms with van der Waals surface area (Å²) in [5, 5.41) is 48.7. The minimum atomic E-state index is -4.58. The van der Waals surface area contributed by atoms with Gasteiger partial charge in [-0.1, -0.05) is 0 Å². The van der Waals surface area contributed by atoms with Gasteiger partial charge in [-0.25, -0.2) is 0 Å². The van der Waals surface area contributed by atoms with E-state index >= 15 is 0 Å². The first-order valence-electron chi connectivity index (χ1n) is 6.84. The Morgan fingerprint density at radius 1 is 1.37 bits per heavy atom. The van der Waals surface area contributed by atoms with Crippen molar-refractivity contribution in [2.75, 3.05) is 6.61 Å². The molecule has 2 rings (SSSR count). The van der Waals surface area contributed by atoms with E-state index in [0.29, 0.717) is 0 Å². The first kappa shape index (κ1) is 24.7. The number of aliphatic hydroxyl groups excluding tert-OH is 3. The second-order valence-electron chi connectivity index (χ2n) is 5.20. The van der Waals surface area contributed by atoms with E-state index in [2.05, 4.69) is 4.74 Å². The first-order valence-corrected chi connectivity index (χ1v) is 11.1. The molecule has 144 valence electrons. The molecule has 0 spiro atoms. The van der Waals surface area contributed by atoms with Crippen LogP contribution in [0.3, 0.4) is 0 Å². The molecule has 0 bridgehead atoms. The summed E-state index contributed by atoms with van der Waals surface area (Å²) in [7, 11) is 0. The number of cyclic esters (lactones) is 1. The van der Waals surface area contributed by atoms with E-state index in [0.717, 1.165) is 0 Å². The Kier molecular flexibility index (Phi) is 9.03. The average Bonchev–Trinajstić information content (AvgIpc) is 2.75. The number of hydrogen-bond donors (Lipinski definition) is 4. The van der Waals surface area contributed by atoms with Crippen molar-refractivity contribution in [1.29, 1.82) is 0 Å². The van der Waals surface area contributed by atoms with E-state index in [1.54, 1.807) is 0 Å². The molecule has 2 aliphatic heterocycles. The molecule has 3 atom stereocenters. The molecule has 0 aromatic heterocycles. The molecule has 2 heterocycles. The zero-order valence-electron chi connectivity index (χ0n) is 13.7. The summed E-state index contributed by atoms with van der Waals surface area (Å²) in [6.45, 7) is -0.886. The van der Waals surface area contributed by atoms with Crippen LogP contribution in [0, 0.1) is 0 Å². The van der Waals surface area contributed by atoms with Crippen molar-refractivity contribution in [1.82, 2.24) is 0 Å². The number of aliphatic carboxylic acids is 1. The Hall–Kier alpha value is -0.381. The largest absolute Gasteiger partial charge is 1.00 e. The Morgan fingerprint density at radius 3 is 2.56 bits per heavy atom. The summed E-state index contributed by atoms with van der Waals surface area (Å²) in [6.07, 6.45) is -5.63. The van der Waals surface area contributed by atoms with Crippen LogP contribution in [0.15, 0.2) is 11.5 Å². The molecule has 0 aliphatic carbocycles. The Labute approximate surface area is 202 Å². The zero-order chi connectivity index (χ0) is 19.6.